The molecule has 0 atom stereocenters. The maximum atomic E-state index is 13.1. The van der Waals surface area contributed by atoms with Crippen LogP contribution in [-0.4, -0.2) is 39.7 Å². The van der Waals surface area contributed by atoms with E-state index in [9.17, 15) is 4.79 Å². The highest BCUT2D eigenvalue weighted by Gasteiger charge is 2.22. The topological polar surface area (TPSA) is 60.2 Å². The molecule has 4 rings (SSSR count). The molecular weight excluding hydrogens is 384 g/mol. The molecule has 7 heteroatoms. The van der Waals surface area contributed by atoms with Crippen LogP contribution in [-0.2, 0) is 6.54 Å². The normalized spacial score (nSPS) is 10.7. The molecule has 1 amide bonds. The predicted molar refractivity (Wildman–Crippen MR) is 113 cm³/mol. The largest absolute Gasteiger partial charge is 0.496 e. The van der Waals surface area contributed by atoms with E-state index < -0.39 is 0 Å². The zero-order valence-corrected chi connectivity index (χ0v) is 17.0. The third-order valence-corrected chi connectivity index (χ3v) is 5.35. The second kappa shape index (κ2) is 8.28. The fourth-order valence-electron chi connectivity index (χ4n) is 3.05. The van der Waals surface area contributed by atoms with Gasteiger partial charge in [0.2, 0.25) is 5.82 Å². The summed E-state index contributed by atoms with van der Waals surface area (Å²) >= 11 is 1.56. The Bertz CT molecular complexity index is 1110. The van der Waals surface area contributed by atoms with Crippen LogP contribution in [0.5, 0.6) is 5.75 Å². The van der Waals surface area contributed by atoms with Crippen molar-refractivity contribution in [3.8, 4) is 22.1 Å². The van der Waals surface area contributed by atoms with Crippen molar-refractivity contribution >= 4 is 17.2 Å². The first kappa shape index (κ1) is 18.9. The summed E-state index contributed by atoms with van der Waals surface area (Å²) in [6, 6.07) is 21.3. The molecule has 0 bridgehead atoms. The maximum Gasteiger partial charge on any atom is 0.293 e. The molecule has 0 unspecified atom stereocenters. The van der Waals surface area contributed by atoms with E-state index in [1.54, 1.807) is 35.1 Å². The number of para-hydroxylation sites is 2. The fourth-order valence-corrected chi connectivity index (χ4v) is 3.75. The maximum absolute atomic E-state index is 13.1. The average molecular weight is 404 g/mol. The van der Waals surface area contributed by atoms with Crippen LogP contribution < -0.4 is 4.74 Å². The molecule has 2 heterocycles. The van der Waals surface area contributed by atoms with Crippen LogP contribution in [0.25, 0.3) is 16.4 Å². The molecule has 0 radical (unpaired) electrons. The average Bonchev–Trinajstić information content (AvgIpc) is 3.44. The van der Waals surface area contributed by atoms with E-state index in [0.29, 0.717) is 12.4 Å². The number of ether oxygens (including phenoxy) is 1. The van der Waals surface area contributed by atoms with Gasteiger partial charge in [-0.25, -0.2) is 9.67 Å². The molecular formula is C22H20N4O2S. The van der Waals surface area contributed by atoms with E-state index >= 15 is 0 Å². The summed E-state index contributed by atoms with van der Waals surface area (Å²) < 4.78 is 7.11. The highest BCUT2D eigenvalue weighted by atomic mass is 32.1. The number of rotatable bonds is 6. The molecule has 2 aromatic carbocycles. The van der Waals surface area contributed by atoms with Gasteiger partial charge in [-0.3, -0.25) is 4.79 Å². The minimum Gasteiger partial charge on any atom is -0.496 e. The van der Waals surface area contributed by atoms with Gasteiger partial charge in [-0.05, 0) is 29.6 Å². The third-order valence-electron chi connectivity index (χ3n) is 4.49. The summed E-state index contributed by atoms with van der Waals surface area (Å²) in [7, 11) is 3.36. The number of hydrogen-bond acceptors (Lipinski definition) is 5. The lowest BCUT2D eigenvalue weighted by Crippen LogP contribution is -2.27. The minimum atomic E-state index is -0.247. The van der Waals surface area contributed by atoms with Crippen molar-refractivity contribution in [1.29, 1.82) is 0 Å². The number of hydrogen-bond donors (Lipinski definition) is 0. The first-order valence-electron chi connectivity index (χ1n) is 9.11. The minimum absolute atomic E-state index is 0.162. The van der Waals surface area contributed by atoms with Crippen LogP contribution in [0.1, 0.15) is 16.2 Å². The Morgan fingerprint density at radius 3 is 2.55 bits per heavy atom. The Morgan fingerprint density at radius 1 is 1.07 bits per heavy atom. The van der Waals surface area contributed by atoms with Crippen LogP contribution in [0.4, 0.5) is 0 Å². The van der Waals surface area contributed by atoms with Gasteiger partial charge in [-0.2, -0.15) is 0 Å². The first-order chi connectivity index (χ1) is 14.2. The standard InChI is InChI=1S/C22H20N4O2S/c1-25(15-16-9-6-7-12-18(16)28-2)22(27)20-23-21(19-13-8-14-29-19)26(24-20)17-10-4-3-5-11-17/h3-14H,15H2,1-2H3. The number of carbonyl (C=O) groups excluding carboxylic acids is 1. The van der Waals surface area contributed by atoms with E-state index in [2.05, 4.69) is 10.1 Å². The van der Waals surface area contributed by atoms with Crippen molar-refractivity contribution in [2.75, 3.05) is 14.2 Å². The lowest BCUT2D eigenvalue weighted by atomic mass is 10.2. The van der Waals surface area contributed by atoms with Crippen molar-refractivity contribution < 1.29 is 9.53 Å². The lowest BCUT2D eigenvalue weighted by molar-refractivity contribution is 0.0772. The monoisotopic (exact) mass is 404 g/mol. The van der Waals surface area contributed by atoms with Crippen molar-refractivity contribution in [1.82, 2.24) is 19.7 Å². The molecule has 4 aromatic rings. The summed E-state index contributed by atoms with van der Waals surface area (Å²) in [5, 5.41) is 6.51. The van der Waals surface area contributed by atoms with E-state index in [4.69, 9.17) is 4.74 Å². The molecule has 29 heavy (non-hydrogen) atoms. The molecule has 0 aliphatic rings. The highest BCUT2D eigenvalue weighted by molar-refractivity contribution is 7.13. The number of thiophene rings is 1. The summed E-state index contributed by atoms with van der Waals surface area (Å²) in [6.07, 6.45) is 0. The van der Waals surface area contributed by atoms with E-state index in [1.165, 1.54) is 0 Å². The van der Waals surface area contributed by atoms with Crippen molar-refractivity contribution in [2.45, 2.75) is 6.54 Å². The highest BCUT2D eigenvalue weighted by Crippen LogP contribution is 2.26. The number of benzene rings is 2. The zero-order chi connectivity index (χ0) is 20.2. The molecule has 0 spiro atoms. The number of nitrogens with zero attached hydrogens (tertiary/aromatic N) is 4. The van der Waals surface area contributed by atoms with Gasteiger partial charge < -0.3 is 9.64 Å². The van der Waals surface area contributed by atoms with E-state index in [1.807, 2.05) is 72.1 Å². The summed E-state index contributed by atoms with van der Waals surface area (Å²) in [4.78, 5) is 20.2. The van der Waals surface area contributed by atoms with Gasteiger partial charge >= 0.3 is 0 Å². The van der Waals surface area contributed by atoms with Crippen molar-refractivity contribution in [3.05, 3.63) is 83.5 Å². The third kappa shape index (κ3) is 3.90. The zero-order valence-electron chi connectivity index (χ0n) is 16.1. The van der Waals surface area contributed by atoms with Crippen LogP contribution in [0.3, 0.4) is 0 Å². The van der Waals surface area contributed by atoms with Gasteiger partial charge in [0.05, 0.1) is 17.7 Å². The molecule has 6 nitrogen and oxygen atoms in total. The number of amides is 1. The summed E-state index contributed by atoms with van der Waals surface area (Å²) in [5.41, 5.74) is 1.78. The smallest absolute Gasteiger partial charge is 0.293 e. The first-order valence-corrected chi connectivity index (χ1v) is 9.99. The molecule has 0 aliphatic heterocycles. The number of aromatic nitrogens is 3. The quantitative estimate of drug-likeness (QED) is 0.481. The van der Waals surface area contributed by atoms with E-state index in [0.717, 1.165) is 21.9 Å². The Labute approximate surface area is 173 Å². The van der Waals surface area contributed by atoms with Gasteiger partial charge in [-0.1, -0.05) is 42.5 Å². The molecule has 0 aliphatic carbocycles. The second-order valence-electron chi connectivity index (χ2n) is 6.46. The summed E-state index contributed by atoms with van der Waals surface area (Å²) in [5.74, 6) is 1.31. The number of carbonyl (C=O) groups is 1. The van der Waals surface area contributed by atoms with Gasteiger partial charge in [0.15, 0.2) is 5.82 Å². The van der Waals surface area contributed by atoms with Crippen molar-refractivity contribution in [3.63, 3.8) is 0 Å². The van der Waals surface area contributed by atoms with Gasteiger partial charge in [0.1, 0.15) is 5.75 Å². The van der Waals surface area contributed by atoms with Gasteiger partial charge in [0, 0.05) is 19.2 Å². The SMILES string of the molecule is COc1ccccc1CN(C)C(=O)c1nc(-c2cccs2)n(-c2ccccc2)n1. The second-order valence-corrected chi connectivity index (χ2v) is 7.40. The molecule has 0 fully saturated rings. The Hall–Kier alpha value is -3.45. The Kier molecular flexibility index (Phi) is 5.39. The van der Waals surface area contributed by atoms with Crippen LogP contribution in [0.2, 0.25) is 0 Å². The molecule has 2 aromatic heterocycles. The lowest BCUT2D eigenvalue weighted by Gasteiger charge is -2.17. The Morgan fingerprint density at radius 2 is 1.83 bits per heavy atom. The molecule has 0 saturated carbocycles. The molecule has 0 saturated heterocycles. The van der Waals surface area contributed by atoms with Crippen LogP contribution in [0.15, 0.2) is 72.1 Å². The Balaban J connectivity index is 1.67. The predicted octanol–water partition coefficient (Wildman–Crippen LogP) is 4.28. The fraction of sp³-hybridized carbons (Fsp3) is 0.136. The van der Waals surface area contributed by atoms with E-state index in [-0.39, 0.29) is 11.7 Å². The van der Waals surface area contributed by atoms with Gasteiger partial charge in [-0.15, -0.1) is 16.4 Å². The molecule has 0 N–H and O–H groups in total. The number of methoxy groups -OCH3 is 1. The van der Waals surface area contributed by atoms with Crippen molar-refractivity contribution in [2.24, 2.45) is 0 Å². The van der Waals surface area contributed by atoms with Gasteiger partial charge in [0.25, 0.3) is 5.91 Å². The van der Waals surface area contributed by atoms with Crippen LogP contribution in [0, 0.1) is 0 Å². The summed E-state index contributed by atoms with van der Waals surface area (Å²) in [6.45, 7) is 0.400. The molecule has 146 valence electrons. The van der Waals surface area contributed by atoms with Crippen LogP contribution >= 0.6 is 11.3 Å².